The van der Waals surface area contributed by atoms with Crippen LogP contribution in [0.2, 0.25) is 0 Å². The highest BCUT2D eigenvalue weighted by Crippen LogP contribution is 2.28. The first-order valence-electron chi connectivity index (χ1n) is 11.3. The Bertz CT molecular complexity index is 817. The second kappa shape index (κ2) is 12.0. The van der Waals surface area contributed by atoms with Crippen LogP contribution in [0.25, 0.3) is 0 Å². The van der Waals surface area contributed by atoms with Gasteiger partial charge < -0.3 is 18.9 Å². The molecule has 0 N–H and O–H groups in total. The summed E-state index contributed by atoms with van der Waals surface area (Å²) in [5.74, 6) is 1.06. The van der Waals surface area contributed by atoms with E-state index in [1.807, 2.05) is 53.7 Å². The second-order valence-corrected chi connectivity index (χ2v) is 10.4. The molecule has 0 spiro atoms. The fourth-order valence-electron chi connectivity index (χ4n) is 3.12. The molecule has 0 aliphatic carbocycles. The molecule has 0 saturated carbocycles. The predicted molar refractivity (Wildman–Crippen MR) is 130 cm³/mol. The number of nitrogens with zero attached hydrogens (tertiary/aromatic N) is 1. The van der Waals surface area contributed by atoms with Crippen LogP contribution in [0.5, 0.6) is 11.5 Å². The zero-order valence-electron chi connectivity index (χ0n) is 21.9. The van der Waals surface area contributed by atoms with E-state index in [1.165, 1.54) is 6.08 Å². The molecule has 1 aromatic rings. The Kier molecular flexibility index (Phi) is 10.3. The van der Waals surface area contributed by atoms with E-state index in [0.717, 1.165) is 5.56 Å². The summed E-state index contributed by atoms with van der Waals surface area (Å²) in [6.45, 7) is 15.3. The van der Waals surface area contributed by atoms with Crippen LogP contribution in [0.15, 0.2) is 30.4 Å². The molecule has 7 nitrogen and oxygen atoms in total. The van der Waals surface area contributed by atoms with E-state index in [-0.39, 0.29) is 18.5 Å². The van der Waals surface area contributed by atoms with Gasteiger partial charge in [-0.1, -0.05) is 19.9 Å². The normalized spacial score (nSPS) is 13.1. The summed E-state index contributed by atoms with van der Waals surface area (Å²) in [4.78, 5) is 27.2. The molecule has 1 amide bonds. The van der Waals surface area contributed by atoms with E-state index < -0.39 is 23.3 Å². The molecule has 0 aliphatic heterocycles. The third-order valence-electron chi connectivity index (χ3n) is 4.44. The fraction of sp³-hybridized carbons (Fsp3) is 0.615. The van der Waals surface area contributed by atoms with Crippen molar-refractivity contribution >= 4 is 12.1 Å². The quantitative estimate of drug-likeness (QED) is 0.343. The van der Waals surface area contributed by atoms with Crippen LogP contribution >= 0.6 is 0 Å². The molecular formula is C26H41NO6. The molecule has 1 atom stereocenters. The maximum Gasteiger partial charge on any atom is 0.411 e. The molecule has 0 fully saturated rings. The predicted octanol–water partition coefficient (Wildman–Crippen LogP) is 5.75. The number of amides is 1. The molecule has 0 radical (unpaired) electrons. The van der Waals surface area contributed by atoms with Crippen molar-refractivity contribution in [2.45, 2.75) is 85.6 Å². The summed E-state index contributed by atoms with van der Waals surface area (Å²) in [5, 5.41) is 0. The molecule has 0 bridgehead atoms. The first kappa shape index (κ1) is 28.3. The summed E-state index contributed by atoms with van der Waals surface area (Å²) in [5.41, 5.74) is -0.476. The average molecular weight is 464 g/mol. The average Bonchev–Trinajstić information content (AvgIpc) is 2.66. The fourth-order valence-corrected chi connectivity index (χ4v) is 3.12. The summed E-state index contributed by atoms with van der Waals surface area (Å²) < 4.78 is 21.9. The Balaban J connectivity index is 3.37. The van der Waals surface area contributed by atoms with Crippen molar-refractivity contribution in [3.05, 3.63) is 35.9 Å². The van der Waals surface area contributed by atoms with Crippen molar-refractivity contribution in [1.82, 2.24) is 4.90 Å². The summed E-state index contributed by atoms with van der Waals surface area (Å²) in [7, 11) is 3.16. The van der Waals surface area contributed by atoms with Gasteiger partial charge in [-0.3, -0.25) is 4.90 Å². The van der Waals surface area contributed by atoms with Crippen molar-refractivity contribution in [3.63, 3.8) is 0 Å². The van der Waals surface area contributed by atoms with Crippen LogP contribution in [0, 0.1) is 5.92 Å². The van der Waals surface area contributed by atoms with Crippen LogP contribution in [-0.4, -0.2) is 48.4 Å². The number of benzene rings is 1. The topological polar surface area (TPSA) is 74.3 Å². The summed E-state index contributed by atoms with van der Waals surface area (Å²) in [6, 6.07) is 5.06. The molecule has 1 aromatic carbocycles. The van der Waals surface area contributed by atoms with Gasteiger partial charge in [-0.2, -0.15) is 0 Å². The van der Waals surface area contributed by atoms with Gasteiger partial charge in [0.25, 0.3) is 0 Å². The second-order valence-electron chi connectivity index (χ2n) is 10.4. The van der Waals surface area contributed by atoms with Crippen molar-refractivity contribution in [3.8, 4) is 11.5 Å². The Morgan fingerprint density at radius 1 is 0.970 bits per heavy atom. The van der Waals surface area contributed by atoms with E-state index in [9.17, 15) is 9.59 Å². The van der Waals surface area contributed by atoms with E-state index >= 15 is 0 Å². The van der Waals surface area contributed by atoms with E-state index in [1.54, 1.807) is 31.3 Å². The largest absolute Gasteiger partial charge is 0.497 e. The molecule has 33 heavy (non-hydrogen) atoms. The van der Waals surface area contributed by atoms with Crippen LogP contribution in [0.1, 0.15) is 67.4 Å². The van der Waals surface area contributed by atoms with Gasteiger partial charge in [0.05, 0.1) is 26.8 Å². The third kappa shape index (κ3) is 10.6. The molecule has 1 rings (SSSR count). The number of hydrogen-bond acceptors (Lipinski definition) is 6. The minimum absolute atomic E-state index is 0.234. The molecule has 0 saturated heterocycles. The Morgan fingerprint density at radius 3 is 2.06 bits per heavy atom. The molecule has 186 valence electrons. The minimum Gasteiger partial charge on any atom is -0.497 e. The van der Waals surface area contributed by atoms with Gasteiger partial charge in [0, 0.05) is 17.7 Å². The van der Waals surface area contributed by atoms with Gasteiger partial charge in [-0.15, -0.1) is 0 Å². The van der Waals surface area contributed by atoms with Crippen molar-refractivity contribution in [1.29, 1.82) is 0 Å². The zero-order valence-corrected chi connectivity index (χ0v) is 21.9. The molecule has 7 heteroatoms. The number of carbonyl (C=O) groups is 2. The Hall–Kier alpha value is -2.70. The standard InChI is InChI=1S/C26H41NO6/c1-18(2)15-20(12-14-23(28)32-25(3,4)5)27(24(29)33-26(6,7)8)17-19-11-13-21(30-9)16-22(19)31-10/h11-14,16,18,20H,15,17H2,1-10H3/b14-12-. The maximum atomic E-state index is 13.3. The van der Waals surface area contributed by atoms with Gasteiger partial charge in [-0.05, 0) is 66.0 Å². The molecule has 0 aliphatic rings. The summed E-state index contributed by atoms with van der Waals surface area (Å²) >= 11 is 0. The summed E-state index contributed by atoms with van der Waals surface area (Å²) in [6.07, 6.45) is 3.27. The first-order chi connectivity index (χ1) is 15.1. The minimum atomic E-state index is -0.670. The third-order valence-corrected chi connectivity index (χ3v) is 4.44. The van der Waals surface area contributed by atoms with Crippen molar-refractivity contribution in [2.24, 2.45) is 5.92 Å². The van der Waals surface area contributed by atoms with E-state index in [0.29, 0.717) is 17.9 Å². The lowest BCUT2D eigenvalue weighted by Gasteiger charge is -2.33. The van der Waals surface area contributed by atoms with Crippen LogP contribution < -0.4 is 9.47 Å². The highest BCUT2D eigenvalue weighted by atomic mass is 16.6. The van der Waals surface area contributed by atoms with Crippen LogP contribution in [0.3, 0.4) is 0 Å². The monoisotopic (exact) mass is 463 g/mol. The number of rotatable bonds is 9. The van der Waals surface area contributed by atoms with Gasteiger partial charge in [0.2, 0.25) is 0 Å². The van der Waals surface area contributed by atoms with Crippen molar-refractivity contribution in [2.75, 3.05) is 14.2 Å². The lowest BCUT2D eigenvalue weighted by Crippen LogP contribution is -2.43. The van der Waals surface area contributed by atoms with Gasteiger partial charge in [0.15, 0.2) is 0 Å². The molecule has 0 heterocycles. The van der Waals surface area contributed by atoms with Crippen molar-refractivity contribution < 1.29 is 28.5 Å². The van der Waals surface area contributed by atoms with E-state index in [2.05, 4.69) is 13.8 Å². The highest BCUT2D eigenvalue weighted by Gasteiger charge is 2.29. The first-order valence-corrected chi connectivity index (χ1v) is 11.3. The zero-order chi connectivity index (χ0) is 25.4. The lowest BCUT2D eigenvalue weighted by molar-refractivity contribution is -0.148. The number of carbonyl (C=O) groups excluding carboxylic acids is 2. The molecule has 1 unspecified atom stereocenters. The Morgan fingerprint density at radius 2 is 1.58 bits per heavy atom. The van der Waals surface area contributed by atoms with Gasteiger partial charge >= 0.3 is 12.1 Å². The SMILES string of the molecule is COc1ccc(CN(C(=O)OC(C)(C)C)C(/C=C\C(=O)OC(C)(C)C)CC(C)C)c(OC)c1. The highest BCUT2D eigenvalue weighted by molar-refractivity contribution is 5.82. The number of esters is 1. The smallest absolute Gasteiger partial charge is 0.411 e. The van der Waals surface area contributed by atoms with E-state index in [4.69, 9.17) is 18.9 Å². The van der Waals surface area contributed by atoms with Crippen LogP contribution in [0.4, 0.5) is 4.79 Å². The number of methoxy groups -OCH3 is 2. The van der Waals surface area contributed by atoms with Gasteiger partial charge in [0.1, 0.15) is 22.7 Å². The molecular weight excluding hydrogens is 422 g/mol. The van der Waals surface area contributed by atoms with Crippen LogP contribution in [-0.2, 0) is 20.8 Å². The number of hydrogen-bond donors (Lipinski definition) is 0. The Labute approximate surface area is 199 Å². The maximum absolute atomic E-state index is 13.3. The molecule has 0 aromatic heterocycles. The number of ether oxygens (including phenoxy) is 4. The lowest BCUT2D eigenvalue weighted by atomic mass is 10.0. The van der Waals surface area contributed by atoms with Gasteiger partial charge in [-0.25, -0.2) is 9.59 Å².